The fourth-order valence-corrected chi connectivity index (χ4v) is 3.85. The number of hydrogen-bond donors (Lipinski definition) is 2. The van der Waals surface area contributed by atoms with Gasteiger partial charge < -0.3 is 10.1 Å². The maximum Gasteiger partial charge on any atom is 0.211 e. The second-order valence-corrected chi connectivity index (χ2v) is 6.81. The molecule has 0 bridgehead atoms. The van der Waals surface area contributed by atoms with E-state index in [1.54, 1.807) is 0 Å². The molecule has 0 aromatic carbocycles. The highest BCUT2D eigenvalue weighted by Crippen LogP contribution is 2.11. The lowest BCUT2D eigenvalue weighted by Gasteiger charge is -2.23. The molecular formula is C11H22N2O3S. The van der Waals surface area contributed by atoms with Crippen LogP contribution >= 0.6 is 0 Å². The van der Waals surface area contributed by atoms with Crippen molar-refractivity contribution in [3.8, 4) is 0 Å². The van der Waals surface area contributed by atoms with Gasteiger partial charge in [-0.05, 0) is 38.6 Å². The Balaban J connectivity index is 1.73. The lowest BCUT2D eigenvalue weighted by atomic mass is 10.1. The van der Waals surface area contributed by atoms with Crippen molar-refractivity contribution in [3.63, 3.8) is 0 Å². The highest BCUT2D eigenvalue weighted by Gasteiger charge is 2.22. The van der Waals surface area contributed by atoms with Crippen LogP contribution in [-0.2, 0) is 14.8 Å². The summed E-state index contributed by atoms with van der Waals surface area (Å²) in [6, 6.07) is 0.361. The number of rotatable bonds is 5. The van der Waals surface area contributed by atoms with Gasteiger partial charge in [0.15, 0.2) is 0 Å². The molecule has 2 fully saturated rings. The van der Waals surface area contributed by atoms with Crippen molar-refractivity contribution in [2.45, 2.75) is 44.2 Å². The van der Waals surface area contributed by atoms with Gasteiger partial charge in [-0.3, -0.25) is 0 Å². The number of sulfonamides is 1. The molecule has 2 aliphatic heterocycles. The predicted octanol–water partition coefficient (Wildman–Crippen LogP) is 0.227. The molecule has 2 rings (SSSR count). The molecule has 2 aliphatic rings. The normalized spacial score (nSPS) is 30.6. The van der Waals surface area contributed by atoms with Gasteiger partial charge in [0, 0.05) is 18.7 Å². The van der Waals surface area contributed by atoms with Gasteiger partial charge in [-0.2, -0.15) is 0 Å². The third-order valence-electron chi connectivity index (χ3n) is 3.40. The van der Waals surface area contributed by atoms with Crippen molar-refractivity contribution in [2.24, 2.45) is 0 Å². The Morgan fingerprint density at radius 2 is 2.18 bits per heavy atom. The molecule has 0 amide bonds. The molecule has 0 aromatic rings. The monoisotopic (exact) mass is 262 g/mol. The van der Waals surface area contributed by atoms with Crippen molar-refractivity contribution in [1.29, 1.82) is 0 Å². The van der Waals surface area contributed by atoms with Crippen molar-refractivity contribution < 1.29 is 13.2 Å². The zero-order valence-electron chi connectivity index (χ0n) is 10.2. The van der Waals surface area contributed by atoms with Crippen LogP contribution in [0.1, 0.15) is 32.1 Å². The Bertz CT molecular complexity index is 320. The molecule has 0 saturated carbocycles. The lowest BCUT2D eigenvalue weighted by Crippen LogP contribution is -2.42. The summed E-state index contributed by atoms with van der Waals surface area (Å²) < 4.78 is 31.7. The van der Waals surface area contributed by atoms with Crippen molar-refractivity contribution in [1.82, 2.24) is 10.0 Å². The molecule has 2 heterocycles. The van der Waals surface area contributed by atoms with Gasteiger partial charge in [-0.1, -0.05) is 0 Å². The largest absolute Gasteiger partial charge is 0.380 e. The van der Waals surface area contributed by atoms with E-state index in [0.717, 1.165) is 38.8 Å². The second-order valence-electron chi connectivity index (χ2n) is 4.93. The Kier molecular flexibility index (Phi) is 4.78. The maximum atomic E-state index is 11.9. The van der Waals surface area contributed by atoms with Crippen LogP contribution in [-0.4, -0.2) is 46.0 Å². The van der Waals surface area contributed by atoms with Gasteiger partial charge in [0.1, 0.15) is 0 Å². The molecular weight excluding hydrogens is 240 g/mol. The predicted molar refractivity (Wildman–Crippen MR) is 66.4 cm³/mol. The molecule has 0 spiro atoms. The lowest BCUT2D eigenvalue weighted by molar-refractivity contribution is 0.0774. The summed E-state index contributed by atoms with van der Waals surface area (Å²) in [5, 5.41) is 3.32. The van der Waals surface area contributed by atoms with Crippen LogP contribution in [0.3, 0.4) is 0 Å². The number of nitrogens with one attached hydrogen (secondary N) is 2. The topological polar surface area (TPSA) is 67.4 Å². The van der Waals surface area contributed by atoms with E-state index in [1.807, 2.05) is 0 Å². The fraction of sp³-hybridized carbons (Fsp3) is 1.00. The minimum Gasteiger partial charge on any atom is -0.380 e. The van der Waals surface area contributed by atoms with Crippen LogP contribution in [0.25, 0.3) is 0 Å². The molecule has 100 valence electrons. The van der Waals surface area contributed by atoms with E-state index < -0.39 is 10.0 Å². The van der Waals surface area contributed by atoms with Crippen LogP contribution in [0, 0.1) is 0 Å². The van der Waals surface area contributed by atoms with Gasteiger partial charge in [0.05, 0.1) is 12.4 Å². The summed E-state index contributed by atoms with van der Waals surface area (Å²) >= 11 is 0. The summed E-state index contributed by atoms with van der Waals surface area (Å²) in [7, 11) is -3.14. The Morgan fingerprint density at radius 1 is 1.29 bits per heavy atom. The summed E-state index contributed by atoms with van der Waals surface area (Å²) in [4.78, 5) is 0. The van der Waals surface area contributed by atoms with Crippen LogP contribution in [0.15, 0.2) is 0 Å². The maximum absolute atomic E-state index is 11.9. The van der Waals surface area contributed by atoms with Crippen molar-refractivity contribution >= 4 is 10.0 Å². The van der Waals surface area contributed by atoms with Gasteiger partial charge in [0.25, 0.3) is 0 Å². The summed E-state index contributed by atoms with van der Waals surface area (Å²) in [6.45, 7) is 2.29. The van der Waals surface area contributed by atoms with E-state index >= 15 is 0 Å². The van der Waals surface area contributed by atoms with Gasteiger partial charge in [-0.25, -0.2) is 13.1 Å². The van der Waals surface area contributed by atoms with Gasteiger partial charge in [0.2, 0.25) is 10.0 Å². The zero-order valence-corrected chi connectivity index (χ0v) is 11.0. The van der Waals surface area contributed by atoms with E-state index in [2.05, 4.69) is 10.0 Å². The van der Waals surface area contributed by atoms with Gasteiger partial charge >= 0.3 is 0 Å². The smallest absolute Gasteiger partial charge is 0.211 e. The first-order chi connectivity index (χ1) is 8.16. The first-order valence-corrected chi connectivity index (χ1v) is 8.12. The van der Waals surface area contributed by atoms with E-state index in [9.17, 15) is 8.42 Å². The summed E-state index contributed by atoms with van der Waals surface area (Å²) in [6.07, 6.45) is 4.80. The van der Waals surface area contributed by atoms with Crippen LogP contribution < -0.4 is 10.0 Å². The first kappa shape index (κ1) is 13.3. The quantitative estimate of drug-likeness (QED) is 0.744. The second kappa shape index (κ2) is 6.13. The van der Waals surface area contributed by atoms with Crippen LogP contribution in [0.4, 0.5) is 0 Å². The molecule has 0 radical (unpaired) electrons. The number of hydrogen-bond acceptors (Lipinski definition) is 4. The minimum absolute atomic E-state index is 0.0229. The van der Waals surface area contributed by atoms with Crippen LogP contribution in [0.2, 0.25) is 0 Å². The highest BCUT2D eigenvalue weighted by molar-refractivity contribution is 7.89. The molecule has 17 heavy (non-hydrogen) atoms. The minimum atomic E-state index is -3.14. The molecule has 2 N–H and O–H groups in total. The van der Waals surface area contributed by atoms with Gasteiger partial charge in [-0.15, -0.1) is 0 Å². The molecule has 2 atom stereocenters. The molecule has 6 heteroatoms. The Hall–Kier alpha value is -0.170. The van der Waals surface area contributed by atoms with Crippen LogP contribution in [0.5, 0.6) is 0 Å². The average Bonchev–Trinajstić information content (AvgIpc) is 2.80. The molecule has 2 saturated heterocycles. The fourth-order valence-electron chi connectivity index (χ4n) is 2.45. The van der Waals surface area contributed by atoms with E-state index in [1.165, 1.54) is 0 Å². The van der Waals surface area contributed by atoms with E-state index in [0.29, 0.717) is 19.1 Å². The third-order valence-corrected chi connectivity index (χ3v) is 4.87. The number of ether oxygens (including phenoxy) is 1. The standard InChI is InChI=1S/C11H22N2O3S/c14-17(15,8-5-10-3-1-6-12-10)13-11-4-2-7-16-9-11/h10-13H,1-9H2. The molecule has 0 aromatic heterocycles. The summed E-state index contributed by atoms with van der Waals surface area (Å²) in [5.41, 5.74) is 0. The SMILES string of the molecule is O=S(=O)(CCC1CCCN1)NC1CCCOC1. The molecule has 2 unspecified atom stereocenters. The molecule has 0 aliphatic carbocycles. The van der Waals surface area contributed by atoms with Crippen molar-refractivity contribution in [3.05, 3.63) is 0 Å². The first-order valence-electron chi connectivity index (χ1n) is 6.47. The van der Waals surface area contributed by atoms with E-state index in [4.69, 9.17) is 4.74 Å². The Morgan fingerprint density at radius 3 is 2.82 bits per heavy atom. The third kappa shape index (κ3) is 4.54. The summed E-state index contributed by atoms with van der Waals surface area (Å²) in [5.74, 6) is 0.223. The highest BCUT2D eigenvalue weighted by atomic mass is 32.2. The average molecular weight is 262 g/mol. The zero-order chi connectivity index (χ0) is 12.1. The van der Waals surface area contributed by atoms with Crippen molar-refractivity contribution in [2.75, 3.05) is 25.5 Å². The molecule has 5 nitrogen and oxygen atoms in total. The van der Waals surface area contributed by atoms with E-state index in [-0.39, 0.29) is 11.8 Å². The Labute approximate surface area is 103 Å².